The number of rotatable bonds is 6. The van der Waals surface area contributed by atoms with E-state index >= 15 is 0 Å². The van der Waals surface area contributed by atoms with Crippen LogP contribution >= 0.6 is 15.9 Å². The smallest absolute Gasteiger partial charge is 0.305 e. The monoisotopic (exact) mass is 330 g/mol. The number of nitro benzene ring substituents is 1. The molecule has 7 nitrogen and oxygen atoms in total. The lowest BCUT2D eigenvalue weighted by Crippen LogP contribution is -2.27. The van der Waals surface area contributed by atoms with E-state index in [0.29, 0.717) is 10.0 Å². The zero-order chi connectivity index (χ0) is 14.4. The van der Waals surface area contributed by atoms with E-state index in [4.69, 9.17) is 5.11 Å². The maximum Gasteiger partial charge on any atom is 0.305 e. The molecule has 0 aromatic heterocycles. The number of non-ortho nitro benzene ring substituents is 1. The molecule has 1 aromatic carbocycles. The van der Waals surface area contributed by atoms with Crippen LogP contribution in [0.25, 0.3) is 0 Å². The van der Waals surface area contributed by atoms with Gasteiger partial charge in [0.15, 0.2) is 0 Å². The number of carbonyl (C=O) groups is 2. The van der Waals surface area contributed by atoms with Crippen molar-refractivity contribution in [3.05, 3.63) is 38.3 Å². The highest BCUT2D eigenvalue weighted by molar-refractivity contribution is 9.10. The van der Waals surface area contributed by atoms with Gasteiger partial charge in [0, 0.05) is 23.2 Å². The van der Waals surface area contributed by atoms with E-state index in [1.54, 1.807) is 0 Å². The van der Waals surface area contributed by atoms with Crippen LogP contribution < -0.4 is 5.32 Å². The molecule has 1 amide bonds. The molecule has 0 aliphatic carbocycles. The van der Waals surface area contributed by atoms with E-state index < -0.39 is 10.9 Å². The molecule has 0 aliphatic heterocycles. The van der Waals surface area contributed by atoms with Gasteiger partial charge in [-0.25, -0.2) is 0 Å². The topological polar surface area (TPSA) is 110 Å². The van der Waals surface area contributed by atoms with Crippen molar-refractivity contribution in [1.82, 2.24) is 5.32 Å². The Morgan fingerprint density at radius 2 is 2.11 bits per heavy atom. The second-order valence-electron chi connectivity index (χ2n) is 3.70. The molecule has 8 heteroatoms. The minimum Gasteiger partial charge on any atom is -0.481 e. The van der Waals surface area contributed by atoms with E-state index in [1.807, 2.05) is 0 Å². The molecule has 0 spiro atoms. The Balaban J connectivity index is 2.59. The van der Waals surface area contributed by atoms with Gasteiger partial charge in [-0.3, -0.25) is 19.7 Å². The first-order valence-electron chi connectivity index (χ1n) is 5.31. The van der Waals surface area contributed by atoms with E-state index in [2.05, 4.69) is 21.2 Å². The predicted octanol–water partition coefficient (Wildman–Crippen LogP) is 1.49. The summed E-state index contributed by atoms with van der Waals surface area (Å²) in [5.41, 5.74) is 0.528. The molecule has 0 atom stereocenters. The van der Waals surface area contributed by atoms with Gasteiger partial charge in [-0.05, 0) is 5.56 Å². The SMILES string of the molecule is O=C(O)CCNC(=O)Cc1ccc([N+](=O)[O-])cc1Br. The number of aliphatic carboxylic acids is 1. The van der Waals surface area contributed by atoms with Gasteiger partial charge >= 0.3 is 5.97 Å². The molecule has 0 aliphatic rings. The third-order valence-electron chi connectivity index (χ3n) is 2.26. The average molecular weight is 331 g/mol. The molecule has 0 bridgehead atoms. The van der Waals surface area contributed by atoms with Crippen LogP contribution in [0.5, 0.6) is 0 Å². The number of nitrogens with one attached hydrogen (secondary N) is 1. The van der Waals surface area contributed by atoms with Crippen LogP contribution in [-0.2, 0) is 16.0 Å². The van der Waals surface area contributed by atoms with Crippen molar-refractivity contribution in [2.24, 2.45) is 0 Å². The average Bonchev–Trinajstić information content (AvgIpc) is 2.31. The molecule has 0 fully saturated rings. The molecule has 0 radical (unpaired) electrons. The van der Waals surface area contributed by atoms with Gasteiger partial charge in [-0.15, -0.1) is 0 Å². The van der Waals surface area contributed by atoms with Crippen LogP contribution in [0.3, 0.4) is 0 Å². The summed E-state index contributed by atoms with van der Waals surface area (Å²) in [6.45, 7) is 0.0543. The predicted molar refractivity (Wildman–Crippen MR) is 69.8 cm³/mol. The van der Waals surface area contributed by atoms with Crippen LogP contribution in [0.2, 0.25) is 0 Å². The highest BCUT2D eigenvalue weighted by atomic mass is 79.9. The van der Waals surface area contributed by atoms with Crippen molar-refractivity contribution in [3.63, 3.8) is 0 Å². The molecule has 2 N–H and O–H groups in total. The zero-order valence-corrected chi connectivity index (χ0v) is 11.3. The summed E-state index contributed by atoms with van der Waals surface area (Å²) in [5.74, 6) is -1.33. The van der Waals surface area contributed by atoms with Crippen molar-refractivity contribution in [2.75, 3.05) is 6.54 Å². The number of nitro groups is 1. The summed E-state index contributed by atoms with van der Waals surface area (Å²) in [7, 11) is 0. The van der Waals surface area contributed by atoms with E-state index in [-0.39, 0.29) is 31.0 Å². The second kappa shape index (κ2) is 6.83. The van der Waals surface area contributed by atoms with Gasteiger partial charge in [0.1, 0.15) is 0 Å². The highest BCUT2D eigenvalue weighted by Gasteiger charge is 2.11. The largest absolute Gasteiger partial charge is 0.481 e. The van der Waals surface area contributed by atoms with Crippen molar-refractivity contribution in [1.29, 1.82) is 0 Å². The third kappa shape index (κ3) is 5.04. The maximum absolute atomic E-state index is 11.5. The summed E-state index contributed by atoms with van der Waals surface area (Å²) in [6, 6.07) is 4.11. The minimum atomic E-state index is -0.989. The molecule has 0 unspecified atom stereocenters. The summed E-state index contributed by atoms with van der Waals surface area (Å²) in [5, 5.41) is 21.4. The summed E-state index contributed by atoms with van der Waals surface area (Å²) in [4.78, 5) is 31.8. The number of hydrogen-bond donors (Lipinski definition) is 2. The Labute approximate surface area is 116 Å². The van der Waals surface area contributed by atoms with Crippen LogP contribution in [-0.4, -0.2) is 28.5 Å². The first-order chi connectivity index (χ1) is 8.90. The first-order valence-corrected chi connectivity index (χ1v) is 6.10. The number of nitrogens with zero attached hydrogens (tertiary/aromatic N) is 1. The fourth-order valence-corrected chi connectivity index (χ4v) is 1.84. The fraction of sp³-hybridized carbons (Fsp3) is 0.273. The fourth-order valence-electron chi connectivity index (χ4n) is 1.34. The Morgan fingerprint density at radius 1 is 1.42 bits per heavy atom. The lowest BCUT2D eigenvalue weighted by molar-refractivity contribution is -0.384. The molecule has 0 saturated heterocycles. The van der Waals surface area contributed by atoms with Crippen molar-refractivity contribution < 1.29 is 19.6 Å². The number of carboxylic acid groups (broad SMARTS) is 1. The summed E-state index contributed by atoms with van der Waals surface area (Å²) in [6.07, 6.45) is -0.120. The van der Waals surface area contributed by atoms with Crippen LogP contribution in [0.15, 0.2) is 22.7 Å². The van der Waals surface area contributed by atoms with E-state index in [9.17, 15) is 19.7 Å². The summed E-state index contributed by atoms with van der Waals surface area (Å²) < 4.78 is 0.468. The van der Waals surface area contributed by atoms with Gasteiger partial charge in [0.2, 0.25) is 5.91 Å². The van der Waals surface area contributed by atoms with Crippen molar-refractivity contribution in [2.45, 2.75) is 12.8 Å². The van der Waals surface area contributed by atoms with Crippen LogP contribution in [0, 0.1) is 10.1 Å². The lowest BCUT2D eigenvalue weighted by atomic mass is 10.1. The Morgan fingerprint density at radius 3 is 2.63 bits per heavy atom. The number of hydrogen-bond acceptors (Lipinski definition) is 4. The van der Waals surface area contributed by atoms with Gasteiger partial charge in [-0.2, -0.15) is 0 Å². The Hall–Kier alpha value is -1.96. The third-order valence-corrected chi connectivity index (χ3v) is 3.00. The van der Waals surface area contributed by atoms with Gasteiger partial charge in [0.25, 0.3) is 5.69 Å². The zero-order valence-electron chi connectivity index (χ0n) is 9.76. The van der Waals surface area contributed by atoms with E-state index in [1.165, 1.54) is 18.2 Å². The molecule has 1 aromatic rings. The number of carboxylic acids is 1. The standard InChI is InChI=1S/C11H11BrN2O5/c12-9-6-8(14(18)19)2-1-7(9)5-10(15)13-4-3-11(16)17/h1-2,6H,3-5H2,(H,13,15)(H,16,17). The van der Waals surface area contributed by atoms with E-state index in [0.717, 1.165) is 0 Å². The Kier molecular flexibility index (Phi) is 5.43. The van der Waals surface area contributed by atoms with Crippen molar-refractivity contribution in [3.8, 4) is 0 Å². The minimum absolute atomic E-state index is 0.0260. The molecular weight excluding hydrogens is 320 g/mol. The number of benzene rings is 1. The summed E-state index contributed by atoms with van der Waals surface area (Å²) >= 11 is 3.16. The molecule has 0 saturated carbocycles. The highest BCUT2D eigenvalue weighted by Crippen LogP contribution is 2.23. The molecule has 19 heavy (non-hydrogen) atoms. The Bertz CT molecular complexity index is 518. The number of carbonyl (C=O) groups excluding carboxylic acids is 1. The van der Waals surface area contributed by atoms with Crippen LogP contribution in [0.4, 0.5) is 5.69 Å². The molecular formula is C11H11BrN2O5. The van der Waals surface area contributed by atoms with Gasteiger partial charge in [0.05, 0.1) is 17.8 Å². The van der Waals surface area contributed by atoms with Crippen molar-refractivity contribution >= 4 is 33.5 Å². The van der Waals surface area contributed by atoms with Gasteiger partial charge < -0.3 is 10.4 Å². The maximum atomic E-state index is 11.5. The number of amides is 1. The second-order valence-corrected chi connectivity index (χ2v) is 4.56. The number of halogens is 1. The quantitative estimate of drug-likeness (QED) is 0.606. The lowest BCUT2D eigenvalue weighted by Gasteiger charge is -2.05. The molecule has 1 rings (SSSR count). The molecule has 102 valence electrons. The normalized spacial score (nSPS) is 9.95. The molecule has 0 heterocycles. The first kappa shape index (κ1) is 15.1. The van der Waals surface area contributed by atoms with Crippen LogP contribution in [0.1, 0.15) is 12.0 Å². The van der Waals surface area contributed by atoms with Gasteiger partial charge in [-0.1, -0.05) is 22.0 Å².